The molecule has 0 spiro atoms. The van der Waals surface area contributed by atoms with E-state index in [1.807, 2.05) is 0 Å². The van der Waals surface area contributed by atoms with Gasteiger partial charge >= 0.3 is 10.4 Å². The predicted molar refractivity (Wildman–Crippen MR) is 90.2 cm³/mol. The zero-order valence-corrected chi connectivity index (χ0v) is 16.4. The second kappa shape index (κ2) is 10.1. The maximum absolute atomic E-state index is 12.3. The molecule has 0 radical (unpaired) electrons. The number of nitrogens with one attached hydrogen (secondary N) is 1. The Labute approximate surface area is 170 Å². The Bertz CT molecular complexity index is 688. The zero-order chi connectivity index (χ0) is 22.8. The molecule has 2 saturated heterocycles. The summed E-state index contributed by atoms with van der Waals surface area (Å²) < 4.78 is 43.6. The van der Waals surface area contributed by atoms with E-state index in [1.54, 1.807) is 0 Å². The number of aliphatic hydroxyl groups excluding tert-OH is 7. The monoisotopic (exact) mass is 463 g/mol. The number of hydrogen-bond donors (Lipinski definition) is 8. The van der Waals surface area contributed by atoms with Crippen LogP contribution in [0, 0.1) is 0 Å². The first-order chi connectivity index (χ1) is 13.9. The second-order valence-corrected chi connectivity index (χ2v) is 7.93. The predicted octanol–water partition coefficient (Wildman–Crippen LogP) is -5.99. The first-order valence-electron chi connectivity index (χ1n) is 8.73. The lowest BCUT2D eigenvalue weighted by Gasteiger charge is -2.42. The van der Waals surface area contributed by atoms with E-state index in [-0.39, 0.29) is 0 Å². The lowest BCUT2D eigenvalue weighted by molar-refractivity contribution is -0.280. The SMILES string of the molecule is CC(=O)N[C@H]1C(O)O[C@H](CO)[C@@H](OS(=O)(=O)OC2O[C@H](CO)[C@H](O)[C@H](O)[C@H]2O)[C@@H]1O. The van der Waals surface area contributed by atoms with Gasteiger partial charge in [-0.1, -0.05) is 0 Å². The summed E-state index contributed by atoms with van der Waals surface area (Å²) in [5.74, 6) is -0.691. The maximum Gasteiger partial charge on any atom is 0.402 e. The van der Waals surface area contributed by atoms with Crippen LogP contribution in [0.3, 0.4) is 0 Å². The van der Waals surface area contributed by atoms with Crippen LogP contribution < -0.4 is 5.32 Å². The number of hydrogen-bond acceptors (Lipinski definition) is 14. The Balaban J connectivity index is 2.16. The molecule has 0 aliphatic carbocycles. The number of aliphatic hydroxyl groups is 7. The molecular weight excluding hydrogens is 438 g/mol. The molecular formula is C14H25NO14S. The van der Waals surface area contributed by atoms with E-state index in [2.05, 4.69) is 9.50 Å². The van der Waals surface area contributed by atoms with Crippen LogP contribution in [0.2, 0.25) is 0 Å². The van der Waals surface area contributed by atoms with Gasteiger partial charge in [0, 0.05) is 6.92 Å². The van der Waals surface area contributed by atoms with Crippen LogP contribution in [-0.2, 0) is 33.0 Å². The van der Waals surface area contributed by atoms with Gasteiger partial charge < -0.3 is 50.5 Å². The van der Waals surface area contributed by atoms with E-state index in [1.165, 1.54) is 0 Å². The summed E-state index contributed by atoms with van der Waals surface area (Å²) in [5.41, 5.74) is 0. The minimum absolute atomic E-state index is 0.691. The normalized spacial score (nSPS) is 42.7. The molecule has 15 nitrogen and oxygen atoms in total. The highest BCUT2D eigenvalue weighted by atomic mass is 32.3. The van der Waals surface area contributed by atoms with E-state index >= 15 is 0 Å². The van der Waals surface area contributed by atoms with Gasteiger partial charge in [0.2, 0.25) is 12.2 Å². The van der Waals surface area contributed by atoms with Crippen molar-refractivity contribution in [3.05, 3.63) is 0 Å². The Morgan fingerprint density at radius 1 is 0.900 bits per heavy atom. The molecule has 2 unspecified atom stereocenters. The fourth-order valence-corrected chi connectivity index (χ4v) is 3.96. The number of rotatable bonds is 7. The van der Waals surface area contributed by atoms with Crippen molar-refractivity contribution in [3.8, 4) is 0 Å². The molecule has 30 heavy (non-hydrogen) atoms. The average molecular weight is 463 g/mol. The molecule has 1 amide bonds. The summed E-state index contributed by atoms with van der Waals surface area (Å²) in [4.78, 5) is 11.2. The van der Waals surface area contributed by atoms with Gasteiger partial charge in [-0.2, -0.15) is 8.42 Å². The Morgan fingerprint density at radius 2 is 1.50 bits per heavy atom. The Kier molecular flexibility index (Phi) is 8.47. The van der Waals surface area contributed by atoms with E-state index < -0.39 is 90.9 Å². The smallest absolute Gasteiger partial charge is 0.394 e. The summed E-state index contributed by atoms with van der Waals surface area (Å²) >= 11 is 0. The fourth-order valence-electron chi connectivity index (χ4n) is 3.01. The largest absolute Gasteiger partial charge is 0.402 e. The third-order valence-corrected chi connectivity index (χ3v) is 5.42. The molecule has 0 aromatic heterocycles. The lowest BCUT2D eigenvalue weighted by Crippen LogP contribution is -2.65. The molecule has 0 bridgehead atoms. The van der Waals surface area contributed by atoms with Crippen LogP contribution in [0.25, 0.3) is 0 Å². The van der Waals surface area contributed by atoms with Crippen LogP contribution in [-0.4, -0.2) is 125 Å². The summed E-state index contributed by atoms with van der Waals surface area (Å²) in [6.45, 7) is -0.683. The van der Waals surface area contributed by atoms with E-state index in [4.69, 9.17) is 18.8 Å². The van der Waals surface area contributed by atoms with E-state index in [0.717, 1.165) is 6.92 Å². The Morgan fingerprint density at radius 3 is 2.03 bits per heavy atom. The topological polar surface area (TPSA) is 242 Å². The van der Waals surface area contributed by atoms with Gasteiger partial charge in [0.1, 0.15) is 48.8 Å². The summed E-state index contributed by atoms with van der Waals surface area (Å²) in [7, 11) is -5.14. The van der Waals surface area contributed by atoms with Crippen molar-refractivity contribution in [1.82, 2.24) is 5.32 Å². The lowest BCUT2D eigenvalue weighted by atomic mass is 9.97. The summed E-state index contributed by atoms with van der Waals surface area (Å²) in [5, 5.41) is 70.0. The first kappa shape index (κ1) is 25.2. The van der Waals surface area contributed by atoms with Crippen LogP contribution in [0.5, 0.6) is 0 Å². The van der Waals surface area contributed by atoms with Gasteiger partial charge in [0.05, 0.1) is 13.2 Å². The number of amides is 1. The molecule has 176 valence electrons. The van der Waals surface area contributed by atoms with Gasteiger partial charge in [-0.25, -0.2) is 8.37 Å². The van der Waals surface area contributed by atoms with Crippen molar-refractivity contribution in [1.29, 1.82) is 0 Å². The highest BCUT2D eigenvalue weighted by molar-refractivity contribution is 7.81. The molecule has 8 N–H and O–H groups in total. The van der Waals surface area contributed by atoms with Gasteiger partial charge in [0.15, 0.2) is 6.29 Å². The summed E-state index contributed by atoms with van der Waals surface area (Å²) in [6.07, 6.45) is -16.4. The molecule has 2 heterocycles. The number of carbonyl (C=O) groups is 1. The van der Waals surface area contributed by atoms with Crippen molar-refractivity contribution < 1.29 is 66.8 Å². The van der Waals surface area contributed by atoms with E-state index in [0.29, 0.717) is 0 Å². The third-order valence-electron chi connectivity index (χ3n) is 4.53. The van der Waals surface area contributed by atoms with Gasteiger partial charge in [-0.05, 0) is 0 Å². The van der Waals surface area contributed by atoms with Crippen molar-refractivity contribution in [2.75, 3.05) is 13.2 Å². The molecule has 0 aromatic rings. The van der Waals surface area contributed by atoms with Crippen LogP contribution in [0.1, 0.15) is 6.92 Å². The highest BCUT2D eigenvalue weighted by Crippen LogP contribution is 2.27. The molecule has 2 aliphatic rings. The standard InChI is InChI=1S/C14H25NO14S/c1-4(18)15-7-9(20)12(6(3-17)26-13(7)23)28-30(24,25)29-14-11(22)10(21)8(19)5(2-16)27-14/h5-14,16-17,19-23H,2-3H2,1H3,(H,15,18)/t5-,6-,7-,8+,9-,10+,11-,12-,13?,14?/m1/s1. The quantitative estimate of drug-likeness (QED) is 0.175. The minimum Gasteiger partial charge on any atom is -0.394 e. The summed E-state index contributed by atoms with van der Waals surface area (Å²) in [6, 6.07) is -1.52. The van der Waals surface area contributed by atoms with Crippen molar-refractivity contribution >= 4 is 16.3 Å². The molecule has 2 fully saturated rings. The van der Waals surface area contributed by atoms with Gasteiger partial charge in [-0.3, -0.25) is 4.79 Å². The second-order valence-electron chi connectivity index (χ2n) is 6.73. The number of carbonyl (C=O) groups excluding carboxylic acids is 1. The van der Waals surface area contributed by atoms with Crippen LogP contribution >= 0.6 is 0 Å². The molecule has 2 rings (SSSR count). The van der Waals surface area contributed by atoms with Crippen LogP contribution in [0.15, 0.2) is 0 Å². The molecule has 10 atom stereocenters. The van der Waals surface area contributed by atoms with Gasteiger partial charge in [-0.15, -0.1) is 0 Å². The maximum atomic E-state index is 12.3. The molecule has 0 aromatic carbocycles. The third kappa shape index (κ3) is 5.61. The van der Waals surface area contributed by atoms with Crippen molar-refractivity contribution in [3.63, 3.8) is 0 Å². The van der Waals surface area contributed by atoms with Gasteiger partial charge in [0.25, 0.3) is 0 Å². The van der Waals surface area contributed by atoms with E-state index in [9.17, 15) is 43.9 Å². The van der Waals surface area contributed by atoms with Crippen molar-refractivity contribution in [2.45, 2.75) is 68.3 Å². The Hall–Kier alpha value is -1.02. The first-order valence-corrected chi connectivity index (χ1v) is 10.1. The molecule has 0 saturated carbocycles. The number of ether oxygens (including phenoxy) is 2. The average Bonchev–Trinajstić information content (AvgIpc) is 2.67. The van der Waals surface area contributed by atoms with Crippen LogP contribution in [0.4, 0.5) is 0 Å². The fraction of sp³-hybridized carbons (Fsp3) is 0.929. The zero-order valence-electron chi connectivity index (χ0n) is 15.6. The molecule has 2 aliphatic heterocycles. The van der Waals surface area contributed by atoms with Crippen molar-refractivity contribution in [2.24, 2.45) is 0 Å². The molecule has 16 heteroatoms. The minimum atomic E-state index is -5.14. The highest BCUT2D eigenvalue weighted by Gasteiger charge is 2.50.